The molecule has 0 saturated carbocycles. The molecule has 0 atom stereocenters. The van der Waals surface area contributed by atoms with Gasteiger partial charge in [-0.15, -0.1) is 0 Å². The smallest absolute Gasteiger partial charge is 0.343 e. The number of hydrogen-bond acceptors (Lipinski definition) is 7. The van der Waals surface area contributed by atoms with Crippen molar-refractivity contribution in [1.29, 1.82) is 0 Å². The van der Waals surface area contributed by atoms with Crippen LogP contribution in [0.3, 0.4) is 0 Å². The first-order valence-corrected chi connectivity index (χ1v) is 12.2. The van der Waals surface area contributed by atoms with Crippen molar-refractivity contribution in [3.63, 3.8) is 0 Å². The molecule has 2 N–H and O–H groups in total. The molecule has 192 valence electrons. The van der Waals surface area contributed by atoms with Gasteiger partial charge in [0.2, 0.25) is 0 Å². The number of amides is 2. The summed E-state index contributed by atoms with van der Waals surface area (Å²) in [6, 6.07) is 18.3. The number of carbonyl (C=O) groups is 3. The first-order valence-electron chi connectivity index (χ1n) is 11.4. The molecule has 0 unspecified atom stereocenters. The van der Waals surface area contributed by atoms with Crippen molar-refractivity contribution in [3.05, 3.63) is 87.9 Å². The van der Waals surface area contributed by atoms with Gasteiger partial charge in [-0.25, -0.2) is 10.2 Å². The zero-order valence-electron chi connectivity index (χ0n) is 20.3. The number of halogens is 1. The molecular weight excluding hydrogens is 542 g/mol. The van der Waals surface area contributed by atoms with Crippen LogP contribution in [0.5, 0.6) is 17.2 Å². The quantitative estimate of drug-likeness (QED) is 0.154. The Bertz CT molecular complexity index is 1280. The molecule has 0 spiro atoms. The van der Waals surface area contributed by atoms with Gasteiger partial charge < -0.3 is 19.5 Å². The number of benzene rings is 3. The summed E-state index contributed by atoms with van der Waals surface area (Å²) in [5.74, 6) is -0.190. The van der Waals surface area contributed by atoms with Crippen molar-refractivity contribution in [2.24, 2.45) is 5.10 Å². The summed E-state index contributed by atoms with van der Waals surface area (Å²) in [6.45, 7) is 2.36. The second-order valence-electron chi connectivity index (χ2n) is 7.66. The second kappa shape index (κ2) is 13.8. The van der Waals surface area contributed by atoms with Crippen LogP contribution in [0.1, 0.15) is 39.6 Å². The lowest BCUT2D eigenvalue weighted by Gasteiger charge is -2.10. The number of ether oxygens (including phenoxy) is 3. The summed E-state index contributed by atoms with van der Waals surface area (Å²) in [7, 11) is 1.45. The molecule has 10 heteroatoms. The lowest BCUT2D eigenvalue weighted by Crippen LogP contribution is -2.34. The molecule has 3 rings (SSSR count). The zero-order chi connectivity index (χ0) is 26.6. The minimum Gasteiger partial charge on any atom is -0.494 e. The van der Waals surface area contributed by atoms with E-state index in [1.165, 1.54) is 13.3 Å². The largest absolute Gasteiger partial charge is 0.494 e. The van der Waals surface area contributed by atoms with Gasteiger partial charge in [-0.3, -0.25) is 9.59 Å². The van der Waals surface area contributed by atoms with Crippen molar-refractivity contribution in [1.82, 2.24) is 10.7 Å². The lowest BCUT2D eigenvalue weighted by molar-refractivity contribution is -0.120. The van der Waals surface area contributed by atoms with E-state index in [0.29, 0.717) is 34.8 Å². The molecule has 2 amide bonds. The van der Waals surface area contributed by atoms with Gasteiger partial charge in [0, 0.05) is 10.0 Å². The van der Waals surface area contributed by atoms with Crippen LogP contribution in [-0.2, 0) is 4.79 Å². The summed E-state index contributed by atoms with van der Waals surface area (Å²) < 4.78 is 17.0. The molecule has 0 heterocycles. The number of carbonyl (C=O) groups excluding carboxylic acids is 3. The average molecular weight is 568 g/mol. The van der Waals surface area contributed by atoms with Gasteiger partial charge in [-0.2, -0.15) is 5.10 Å². The van der Waals surface area contributed by atoms with Crippen LogP contribution < -0.4 is 25.0 Å². The van der Waals surface area contributed by atoms with E-state index in [9.17, 15) is 14.4 Å². The molecule has 0 aromatic heterocycles. The Balaban J connectivity index is 1.50. The Kier molecular flexibility index (Phi) is 10.2. The van der Waals surface area contributed by atoms with Crippen LogP contribution in [-0.4, -0.2) is 44.3 Å². The topological polar surface area (TPSA) is 115 Å². The van der Waals surface area contributed by atoms with Crippen molar-refractivity contribution < 1.29 is 28.6 Å². The van der Waals surface area contributed by atoms with E-state index in [1.54, 1.807) is 66.7 Å². The zero-order valence-corrected chi connectivity index (χ0v) is 21.9. The summed E-state index contributed by atoms with van der Waals surface area (Å²) >= 11 is 3.32. The molecule has 0 fully saturated rings. The first-order chi connectivity index (χ1) is 17.9. The predicted molar refractivity (Wildman–Crippen MR) is 142 cm³/mol. The number of nitrogens with zero attached hydrogens (tertiary/aromatic N) is 1. The van der Waals surface area contributed by atoms with Crippen LogP contribution in [0.25, 0.3) is 0 Å². The molecule has 0 aliphatic rings. The van der Waals surface area contributed by atoms with Crippen LogP contribution in [0.4, 0.5) is 0 Å². The fraction of sp³-hybridized carbons (Fsp3) is 0.185. The highest BCUT2D eigenvalue weighted by Gasteiger charge is 2.13. The highest BCUT2D eigenvalue weighted by atomic mass is 79.9. The summed E-state index contributed by atoms with van der Waals surface area (Å²) in [5.41, 5.74) is 3.73. The summed E-state index contributed by atoms with van der Waals surface area (Å²) in [5, 5.41) is 6.43. The van der Waals surface area contributed by atoms with Gasteiger partial charge in [-0.05, 0) is 72.6 Å². The maximum Gasteiger partial charge on any atom is 0.343 e. The number of esters is 1. The minimum absolute atomic E-state index is 0.237. The Labute approximate surface area is 222 Å². The molecule has 0 radical (unpaired) electrons. The molecule has 0 bridgehead atoms. The van der Waals surface area contributed by atoms with Gasteiger partial charge in [0.05, 0.1) is 32.0 Å². The third-order valence-corrected chi connectivity index (χ3v) is 5.35. The highest BCUT2D eigenvalue weighted by Crippen LogP contribution is 2.28. The normalized spacial score (nSPS) is 10.6. The lowest BCUT2D eigenvalue weighted by atomic mass is 10.2. The van der Waals surface area contributed by atoms with E-state index >= 15 is 0 Å². The number of hydrogen-bond donors (Lipinski definition) is 2. The maximum atomic E-state index is 12.4. The van der Waals surface area contributed by atoms with E-state index < -0.39 is 11.9 Å². The van der Waals surface area contributed by atoms with Gasteiger partial charge in [-0.1, -0.05) is 28.9 Å². The van der Waals surface area contributed by atoms with Crippen molar-refractivity contribution in [2.45, 2.75) is 13.3 Å². The molecule has 3 aromatic rings. The molecule has 3 aromatic carbocycles. The van der Waals surface area contributed by atoms with Crippen molar-refractivity contribution >= 4 is 39.9 Å². The fourth-order valence-corrected chi connectivity index (χ4v) is 3.43. The van der Waals surface area contributed by atoms with Crippen LogP contribution in [0.2, 0.25) is 0 Å². The van der Waals surface area contributed by atoms with E-state index in [4.69, 9.17) is 14.2 Å². The third-order valence-electron chi connectivity index (χ3n) is 4.85. The van der Waals surface area contributed by atoms with E-state index in [2.05, 4.69) is 31.8 Å². The first kappa shape index (κ1) is 27.4. The molecule has 37 heavy (non-hydrogen) atoms. The SMILES string of the molecule is CCCOc1ccc(C(=O)NCC(=O)N/N=C\c2ccc(OC(=O)c3cccc(Br)c3)c(OC)c2)cc1. The highest BCUT2D eigenvalue weighted by molar-refractivity contribution is 9.10. The Morgan fingerprint density at radius 1 is 0.973 bits per heavy atom. The van der Waals surface area contributed by atoms with Crippen LogP contribution >= 0.6 is 15.9 Å². The average Bonchev–Trinajstić information content (AvgIpc) is 2.91. The van der Waals surface area contributed by atoms with Gasteiger partial charge >= 0.3 is 5.97 Å². The number of hydrazone groups is 1. The molecular formula is C27H26BrN3O6. The van der Waals surface area contributed by atoms with Gasteiger partial charge in [0.15, 0.2) is 11.5 Å². The second-order valence-corrected chi connectivity index (χ2v) is 8.57. The Morgan fingerprint density at radius 2 is 1.76 bits per heavy atom. The minimum atomic E-state index is -0.531. The number of rotatable bonds is 11. The third kappa shape index (κ3) is 8.46. The van der Waals surface area contributed by atoms with Crippen LogP contribution in [0.15, 0.2) is 76.3 Å². The van der Waals surface area contributed by atoms with E-state index in [0.717, 1.165) is 10.9 Å². The molecule has 0 saturated heterocycles. The number of methoxy groups -OCH3 is 1. The summed E-state index contributed by atoms with van der Waals surface area (Å²) in [4.78, 5) is 36.7. The Morgan fingerprint density at radius 3 is 2.46 bits per heavy atom. The van der Waals surface area contributed by atoms with Crippen molar-refractivity contribution in [3.8, 4) is 17.2 Å². The monoisotopic (exact) mass is 567 g/mol. The van der Waals surface area contributed by atoms with E-state index in [1.807, 2.05) is 6.92 Å². The van der Waals surface area contributed by atoms with Gasteiger partial charge in [0.1, 0.15) is 5.75 Å². The van der Waals surface area contributed by atoms with E-state index in [-0.39, 0.29) is 18.2 Å². The van der Waals surface area contributed by atoms with Gasteiger partial charge in [0.25, 0.3) is 11.8 Å². The summed E-state index contributed by atoms with van der Waals surface area (Å²) in [6.07, 6.45) is 2.29. The van der Waals surface area contributed by atoms with Crippen molar-refractivity contribution in [2.75, 3.05) is 20.3 Å². The Hall–Kier alpha value is -4.18. The number of nitrogens with one attached hydrogen (secondary N) is 2. The molecule has 9 nitrogen and oxygen atoms in total. The van der Waals surface area contributed by atoms with Crippen LogP contribution in [0, 0.1) is 0 Å². The fourth-order valence-electron chi connectivity index (χ4n) is 3.03. The molecule has 0 aliphatic heterocycles. The standard InChI is InChI=1S/C27H26BrN3O6/c1-3-13-36-22-10-8-19(9-11-22)26(33)29-17-25(32)31-30-16-18-7-12-23(24(14-18)35-2)37-27(34)20-5-4-6-21(28)15-20/h4-12,14-16H,3,13,17H2,1-2H3,(H,29,33)(H,31,32)/b30-16-. The maximum absolute atomic E-state index is 12.4. The predicted octanol–water partition coefficient (Wildman–Crippen LogP) is 4.35. The molecule has 0 aliphatic carbocycles.